The fourth-order valence-corrected chi connectivity index (χ4v) is 6.85. The van der Waals surface area contributed by atoms with Gasteiger partial charge in [-0.2, -0.15) is 0 Å². The molecule has 0 atom stereocenters. The number of nitrogens with one attached hydrogen (secondary N) is 1. The van der Waals surface area contributed by atoms with Gasteiger partial charge in [-0.25, -0.2) is 0 Å². The predicted octanol–water partition coefficient (Wildman–Crippen LogP) is 13.1. The fraction of sp³-hybridized carbons (Fsp3) is 0.694. The van der Waals surface area contributed by atoms with Crippen LogP contribution in [0, 0.1) is 0 Å². The number of aliphatic carboxylic acids is 2. The number of unbranched alkanes of at least 4 members (excludes halogenated alkanes) is 28. The van der Waals surface area contributed by atoms with E-state index >= 15 is 0 Å². The van der Waals surface area contributed by atoms with Crippen molar-refractivity contribution in [1.29, 1.82) is 0 Å². The molecule has 0 saturated carbocycles. The topological polar surface area (TPSA) is 92.3 Å². The molecule has 316 valence electrons. The fourth-order valence-electron chi connectivity index (χ4n) is 6.60. The number of carboxylic acid groups (broad SMARTS) is 2. The Labute approximate surface area is 370 Å². The van der Waals surface area contributed by atoms with Crippen molar-refractivity contribution in [3.63, 3.8) is 0 Å². The van der Waals surface area contributed by atoms with Crippen LogP contribution in [-0.4, -0.2) is 44.2 Å². The average molecular weight is 987 g/mol. The zero-order valence-electron chi connectivity index (χ0n) is 35.9. The van der Waals surface area contributed by atoms with Crippen molar-refractivity contribution in [1.82, 2.24) is 0 Å². The molecule has 0 aliphatic heterocycles. The summed E-state index contributed by atoms with van der Waals surface area (Å²) < 4.78 is 0. The number of benzene rings is 2. The molecule has 0 bridgehead atoms. The van der Waals surface area contributed by atoms with Crippen molar-refractivity contribution in [3.8, 4) is 0 Å². The molecule has 0 aliphatic carbocycles. The minimum Gasteiger partial charge on any atom is -0.550 e. The van der Waals surface area contributed by atoms with Gasteiger partial charge in [0.2, 0.25) is 0 Å². The van der Waals surface area contributed by atoms with Crippen LogP contribution in [0.3, 0.4) is 0 Å². The second-order valence-electron chi connectivity index (χ2n) is 15.3. The van der Waals surface area contributed by atoms with E-state index in [2.05, 4.69) is 19.2 Å². The van der Waals surface area contributed by atoms with Gasteiger partial charge >= 0.3 is 27.3 Å². The number of para-hydroxylation sites is 1. The van der Waals surface area contributed by atoms with E-state index in [0.717, 1.165) is 41.9 Å². The van der Waals surface area contributed by atoms with Gasteiger partial charge in [0, 0.05) is 23.2 Å². The molecule has 2 aromatic carbocycles. The van der Waals surface area contributed by atoms with E-state index in [-0.39, 0.29) is 40.1 Å². The second kappa shape index (κ2) is 45.9. The third-order valence-corrected chi connectivity index (χ3v) is 10.4. The summed E-state index contributed by atoms with van der Waals surface area (Å²) in [6.07, 6.45) is 39.7. The van der Waals surface area contributed by atoms with Gasteiger partial charge < -0.3 is 25.1 Å². The standard InChI is InChI=1S/2C18H36O2.C13H11NS.Pb/c2*1-2-3-4-5-6-7-8-9-10-11-12-13-14-15-16-17-18(19)20;15-13(11-7-3-1-4-8-11)14-12-9-5-2-6-10-12;/h2*2-17H2,1H3,(H,19,20);1-10H,(H,14,15);/q;;;+2/p-2. The van der Waals surface area contributed by atoms with Gasteiger partial charge in [0.1, 0.15) is 4.99 Å². The number of carbonyl (C=O) groups excluding carboxylic acids is 2. The van der Waals surface area contributed by atoms with Gasteiger partial charge in [-0.1, -0.05) is 254 Å². The van der Waals surface area contributed by atoms with Crippen molar-refractivity contribution in [3.05, 3.63) is 66.2 Å². The van der Waals surface area contributed by atoms with Crippen LogP contribution < -0.4 is 15.5 Å². The van der Waals surface area contributed by atoms with Crippen molar-refractivity contribution in [2.45, 2.75) is 219 Å². The van der Waals surface area contributed by atoms with Gasteiger partial charge in [0.25, 0.3) is 0 Å². The maximum Gasteiger partial charge on any atom is 2.00 e. The Morgan fingerprint density at radius 1 is 0.429 bits per heavy atom. The Hall–Kier alpha value is -1.81. The van der Waals surface area contributed by atoms with Crippen LogP contribution in [0.15, 0.2) is 60.7 Å². The molecule has 5 nitrogen and oxygen atoms in total. The first-order chi connectivity index (χ1) is 26.9. The number of hydrogen-bond acceptors (Lipinski definition) is 5. The number of hydrogen-bond donors (Lipinski definition) is 1. The Balaban J connectivity index is 0. The minimum absolute atomic E-state index is 0. The molecule has 0 amide bonds. The van der Waals surface area contributed by atoms with Gasteiger partial charge in [-0.3, -0.25) is 0 Å². The van der Waals surface area contributed by atoms with Gasteiger partial charge in [-0.05, 0) is 37.8 Å². The van der Waals surface area contributed by atoms with E-state index in [1.54, 1.807) is 0 Å². The number of anilines is 1. The molecule has 0 spiro atoms. The maximum atomic E-state index is 10.2. The Morgan fingerprint density at radius 2 is 0.679 bits per heavy atom. The van der Waals surface area contributed by atoms with Gasteiger partial charge in [0.05, 0.1) is 0 Å². The Kier molecular flexibility index (Phi) is 46.1. The van der Waals surface area contributed by atoms with Crippen LogP contribution in [0.25, 0.3) is 0 Å². The molecule has 2 aromatic rings. The Bertz CT molecular complexity index is 1070. The third kappa shape index (κ3) is 43.3. The van der Waals surface area contributed by atoms with Crippen LogP contribution in [0.2, 0.25) is 0 Å². The zero-order valence-corrected chi connectivity index (χ0v) is 40.6. The summed E-state index contributed by atoms with van der Waals surface area (Å²) in [5.41, 5.74) is 2.06. The molecule has 0 aromatic heterocycles. The monoisotopic (exact) mass is 988 g/mol. The molecule has 0 unspecified atom stereocenters. The predicted molar refractivity (Wildman–Crippen MR) is 243 cm³/mol. The molecule has 0 fully saturated rings. The number of thiocarbonyl (C=S) groups is 1. The van der Waals surface area contributed by atoms with Crippen molar-refractivity contribution in [2.24, 2.45) is 0 Å². The SMILES string of the molecule is CCCCCCCCCCCCCCCCCC(=O)[O-].CCCCCCCCCCCCCCCCCC(=O)[O-].S=C(Nc1ccccc1)c1ccccc1.[Pb+2]. The average Bonchev–Trinajstić information content (AvgIpc) is 3.19. The summed E-state index contributed by atoms with van der Waals surface area (Å²) >= 11 is 5.29. The van der Waals surface area contributed by atoms with E-state index in [0.29, 0.717) is 0 Å². The Morgan fingerprint density at radius 3 is 0.946 bits per heavy atom. The van der Waals surface area contributed by atoms with E-state index in [1.807, 2.05) is 60.7 Å². The van der Waals surface area contributed by atoms with Crippen LogP contribution >= 0.6 is 12.2 Å². The molecule has 7 heteroatoms. The third-order valence-electron chi connectivity index (χ3n) is 10.0. The van der Waals surface area contributed by atoms with Crippen molar-refractivity contribution in [2.75, 3.05) is 5.32 Å². The summed E-state index contributed by atoms with van der Waals surface area (Å²) in [7, 11) is 0. The van der Waals surface area contributed by atoms with Crippen LogP contribution in [0.5, 0.6) is 0 Å². The minimum atomic E-state index is -0.903. The molecule has 0 aliphatic rings. The van der Waals surface area contributed by atoms with E-state index in [1.165, 1.54) is 167 Å². The smallest absolute Gasteiger partial charge is 0.550 e. The number of carboxylic acids is 2. The summed E-state index contributed by atoms with van der Waals surface area (Å²) in [5.74, 6) is -1.81. The van der Waals surface area contributed by atoms with Crippen LogP contribution in [-0.2, 0) is 9.59 Å². The van der Waals surface area contributed by atoms with E-state index in [9.17, 15) is 19.8 Å². The molecule has 2 rings (SSSR count). The first kappa shape index (κ1) is 56.3. The maximum absolute atomic E-state index is 10.2. The molecule has 1 N–H and O–H groups in total. The second-order valence-corrected chi connectivity index (χ2v) is 15.7. The normalized spacial score (nSPS) is 10.3. The van der Waals surface area contributed by atoms with Crippen molar-refractivity contribution >= 4 is 62.1 Å². The molecular formula is C49H81NO4PbS. The molecule has 0 saturated heterocycles. The number of carbonyl (C=O) groups is 2. The molecule has 0 heterocycles. The first-order valence-electron chi connectivity index (χ1n) is 22.7. The zero-order chi connectivity index (χ0) is 40.3. The van der Waals surface area contributed by atoms with Crippen LogP contribution in [0.4, 0.5) is 5.69 Å². The first-order valence-corrected chi connectivity index (χ1v) is 23.1. The quantitative estimate of drug-likeness (QED) is 0.0427. The van der Waals surface area contributed by atoms with Gasteiger partial charge in [0.15, 0.2) is 0 Å². The molecule has 56 heavy (non-hydrogen) atoms. The van der Waals surface area contributed by atoms with E-state index < -0.39 is 11.9 Å². The largest absolute Gasteiger partial charge is 2.00 e. The van der Waals surface area contributed by atoms with Crippen LogP contribution in [0.1, 0.15) is 225 Å². The van der Waals surface area contributed by atoms with Gasteiger partial charge in [-0.15, -0.1) is 0 Å². The summed E-state index contributed by atoms with van der Waals surface area (Å²) in [4.78, 5) is 21.2. The molecular weight excluding hydrogens is 906 g/mol. The van der Waals surface area contributed by atoms with Crippen molar-refractivity contribution < 1.29 is 19.8 Å². The van der Waals surface area contributed by atoms with E-state index in [4.69, 9.17) is 12.2 Å². The number of rotatable bonds is 34. The summed E-state index contributed by atoms with van der Waals surface area (Å²) in [6.45, 7) is 4.53. The summed E-state index contributed by atoms with van der Waals surface area (Å²) in [6, 6.07) is 19.9. The molecule has 2 radical (unpaired) electrons. The summed E-state index contributed by atoms with van der Waals surface area (Å²) in [5, 5.41) is 23.6.